The van der Waals surface area contributed by atoms with Gasteiger partial charge in [0.15, 0.2) is 0 Å². The molecule has 134 valence electrons. The zero-order valence-electron chi connectivity index (χ0n) is 15.1. The van der Waals surface area contributed by atoms with Gasteiger partial charge in [-0.2, -0.15) is 5.10 Å². The Hall–Kier alpha value is -3.28. The van der Waals surface area contributed by atoms with Crippen molar-refractivity contribution in [2.24, 2.45) is 7.05 Å². The van der Waals surface area contributed by atoms with E-state index in [1.807, 2.05) is 74.8 Å². The highest BCUT2D eigenvalue weighted by Crippen LogP contribution is 2.27. The van der Waals surface area contributed by atoms with Crippen molar-refractivity contribution in [3.05, 3.63) is 71.9 Å². The van der Waals surface area contributed by atoms with Crippen LogP contribution in [-0.4, -0.2) is 22.8 Å². The Morgan fingerprint density at radius 1 is 1.15 bits per heavy atom. The summed E-state index contributed by atoms with van der Waals surface area (Å²) >= 11 is 0. The van der Waals surface area contributed by atoms with E-state index in [-0.39, 0.29) is 5.91 Å². The van der Waals surface area contributed by atoms with Crippen molar-refractivity contribution in [3.8, 4) is 5.75 Å². The quantitative estimate of drug-likeness (QED) is 0.714. The molecule has 0 bridgehead atoms. The SMILES string of the molecule is COc1ccc(C)cc1NC(=O)C(Nc1ccn(C)n1)c1ccccc1. The van der Waals surface area contributed by atoms with Crippen LogP contribution in [0.3, 0.4) is 0 Å². The second-order valence-corrected chi connectivity index (χ2v) is 6.06. The summed E-state index contributed by atoms with van der Waals surface area (Å²) < 4.78 is 7.04. The number of benzene rings is 2. The van der Waals surface area contributed by atoms with Gasteiger partial charge >= 0.3 is 0 Å². The number of hydrogen-bond acceptors (Lipinski definition) is 4. The number of ether oxygens (including phenoxy) is 1. The van der Waals surface area contributed by atoms with Crippen molar-refractivity contribution in [2.75, 3.05) is 17.7 Å². The Morgan fingerprint density at radius 2 is 1.92 bits per heavy atom. The van der Waals surface area contributed by atoms with E-state index in [1.165, 1.54) is 0 Å². The topological polar surface area (TPSA) is 68.2 Å². The van der Waals surface area contributed by atoms with Crippen LogP contribution in [-0.2, 0) is 11.8 Å². The Bertz CT molecular complexity index is 890. The van der Waals surface area contributed by atoms with Gasteiger partial charge in [-0.15, -0.1) is 0 Å². The van der Waals surface area contributed by atoms with E-state index in [0.717, 1.165) is 11.1 Å². The summed E-state index contributed by atoms with van der Waals surface area (Å²) in [6, 6.07) is 16.5. The molecule has 3 aromatic rings. The second kappa shape index (κ2) is 7.74. The number of aromatic nitrogens is 2. The third kappa shape index (κ3) is 4.03. The lowest BCUT2D eigenvalue weighted by molar-refractivity contribution is -0.117. The highest BCUT2D eigenvalue weighted by atomic mass is 16.5. The second-order valence-electron chi connectivity index (χ2n) is 6.06. The maximum Gasteiger partial charge on any atom is 0.251 e. The number of amides is 1. The molecule has 0 aliphatic carbocycles. The summed E-state index contributed by atoms with van der Waals surface area (Å²) in [5.41, 5.74) is 2.53. The van der Waals surface area contributed by atoms with Gasteiger partial charge in [-0.1, -0.05) is 36.4 Å². The molecule has 26 heavy (non-hydrogen) atoms. The van der Waals surface area contributed by atoms with Gasteiger partial charge < -0.3 is 15.4 Å². The lowest BCUT2D eigenvalue weighted by Gasteiger charge is -2.19. The van der Waals surface area contributed by atoms with Gasteiger partial charge in [-0.3, -0.25) is 9.48 Å². The fraction of sp³-hybridized carbons (Fsp3) is 0.200. The van der Waals surface area contributed by atoms with Crippen LogP contribution >= 0.6 is 0 Å². The Balaban J connectivity index is 1.89. The van der Waals surface area contributed by atoms with Crippen molar-refractivity contribution in [1.29, 1.82) is 0 Å². The summed E-state index contributed by atoms with van der Waals surface area (Å²) in [5.74, 6) is 1.06. The molecule has 1 atom stereocenters. The van der Waals surface area contributed by atoms with Crippen molar-refractivity contribution < 1.29 is 9.53 Å². The fourth-order valence-corrected chi connectivity index (χ4v) is 2.71. The number of carbonyl (C=O) groups excluding carboxylic acids is 1. The summed E-state index contributed by atoms with van der Waals surface area (Å²) in [4.78, 5) is 13.0. The number of nitrogens with zero attached hydrogens (tertiary/aromatic N) is 2. The normalized spacial score (nSPS) is 11.7. The van der Waals surface area contributed by atoms with Crippen molar-refractivity contribution in [3.63, 3.8) is 0 Å². The molecule has 1 amide bonds. The first-order valence-electron chi connectivity index (χ1n) is 8.33. The van der Waals surface area contributed by atoms with E-state index in [9.17, 15) is 4.79 Å². The predicted octanol–water partition coefficient (Wildman–Crippen LogP) is 3.53. The predicted molar refractivity (Wildman–Crippen MR) is 102 cm³/mol. The van der Waals surface area contributed by atoms with E-state index in [4.69, 9.17) is 4.74 Å². The highest BCUT2D eigenvalue weighted by molar-refractivity contribution is 5.98. The lowest BCUT2D eigenvalue weighted by Crippen LogP contribution is -2.27. The van der Waals surface area contributed by atoms with Crippen LogP contribution < -0.4 is 15.4 Å². The smallest absolute Gasteiger partial charge is 0.251 e. The minimum absolute atomic E-state index is 0.189. The minimum atomic E-state index is -0.587. The number of methoxy groups -OCH3 is 1. The zero-order valence-corrected chi connectivity index (χ0v) is 15.1. The average molecular weight is 350 g/mol. The number of hydrogen-bond donors (Lipinski definition) is 2. The molecule has 3 rings (SSSR count). The van der Waals surface area contributed by atoms with Crippen LogP contribution in [0.5, 0.6) is 5.75 Å². The summed E-state index contributed by atoms with van der Waals surface area (Å²) in [6.07, 6.45) is 1.83. The standard InChI is InChI=1S/C20H22N4O2/c1-14-9-10-17(26-3)16(13-14)21-20(25)19(15-7-5-4-6-8-15)22-18-11-12-24(2)23-18/h4-13,19H,1-3H3,(H,21,25)(H,22,23). The number of rotatable bonds is 6. The molecule has 0 spiro atoms. The first-order chi connectivity index (χ1) is 12.6. The molecule has 0 saturated heterocycles. The third-order valence-corrected chi connectivity index (χ3v) is 4.01. The van der Waals surface area contributed by atoms with Gasteiger partial charge in [0, 0.05) is 19.3 Å². The Labute approximate surface area is 152 Å². The first kappa shape index (κ1) is 17.5. The van der Waals surface area contributed by atoms with E-state index in [0.29, 0.717) is 17.3 Å². The lowest BCUT2D eigenvalue weighted by atomic mass is 10.1. The van der Waals surface area contributed by atoms with Crippen LogP contribution in [0.2, 0.25) is 0 Å². The summed E-state index contributed by atoms with van der Waals surface area (Å²) in [6.45, 7) is 1.97. The molecule has 0 fully saturated rings. The van der Waals surface area contributed by atoms with E-state index < -0.39 is 6.04 Å². The average Bonchev–Trinajstić information content (AvgIpc) is 3.05. The first-order valence-corrected chi connectivity index (χ1v) is 8.33. The molecular formula is C20H22N4O2. The fourth-order valence-electron chi connectivity index (χ4n) is 2.71. The van der Waals surface area contributed by atoms with Gasteiger partial charge in [-0.05, 0) is 30.2 Å². The zero-order chi connectivity index (χ0) is 18.5. The molecule has 6 nitrogen and oxygen atoms in total. The molecular weight excluding hydrogens is 328 g/mol. The van der Waals surface area contributed by atoms with Gasteiger partial charge in [0.2, 0.25) is 0 Å². The largest absolute Gasteiger partial charge is 0.495 e. The Morgan fingerprint density at radius 3 is 2.58 bits per heavy atom. The van der Waals surface area contributed by atoms with Crippen LogP contribution in [0, 0.1) is 6.92 Å². The van der Waals surface area contributed by atoms with Gasteiger partial charge in [0.25, 0.3) is 5.91 Å². The number of aryl methyl sites for hydroxylation is 2. The summed E-state index contributed by atoms with van der Waals surface area (Å²) in [5, 5.41) is 10.5. The van der Waals surface area contributed by atoms with Crippen LogP contribution in [0.15, 0.2) is 60.8 Å². The number of carbonyl (C=O) groups is 1. The van der Waals surface area contributed by atoms with Crippen molar-refractivity contribution in [1.82, 2.24) is 9.78 Å². The van der Waals surface area contributed by atoms with Crippen LogP contribution in [0.4, 0.5) is 11.5 Å². The van der Waals surface area contributed by atoms with Crippen LogP contribution in [0.25, 0.3) is 0 Å². The minimum Gasteiger partial charge on any atom is -0.495 e. The van der Waals surface area contributed by atoms with Crippen molar-refractivity contribution in [2.45, 2.75) is 13.0 Å². The van der Waals surface area contributed by atoms with Gasteiger partial charge in [0.1, 0.15) is 17.6 Å². The van der Waals surface area contributed by atoms with E-state index >= 15 is 0 Å². The molecule has 2 N–H and O–H groups in total. The molecule has 0 aliphatic heterocycles. The van der Waals surface area contributed by atoms with Gasteiger partial charge in [0.05, 0.1) is 12.8 Å². The number of anilines is 2. The van der Waals surface area contributed by atoms with E-state index in [1.54, 1.807) is 11.8 Å². The Kier molecular flexibility index (Phi) is 5.22. The molecule has 1 heterocycles. The molecule has 0 saturated carbocycles. The molecule has 1 unspecified atom stereocenters. The van der Waals surface area contributed by atoms with Crippen molar-refractivity contribution >= 4 is 17.4 Å². The van der Waals surface area contributed by atoms with E-state index in [2.05, 4.69) is 15.7 Å². The number of nitrogens with one attached hydrogen (secondary N) is 2. The maximum absolute atomic E-state index is 13.0. The molecule has 6 heteroatoms. The van der Waals surface area contributed by atoms with Crippen LogP contribution in [0.1, 0.15) is 17.2 Å². The monoisotopic (exact) mass is 350 g/mol. The third-order valence-electron chi connectivity index (χ3n) is 4.01. The molecule has 1 aromatic heterocycles. The highest BCUT2D eigenvalue weighted by Gasteiger charge is 2.22. The molecule has 0 aliphatic rings. The summed E-state index contributed by atoms with van der Waals surface area (Å²) in [7, 11) is 3.42. The molecule has 0 radical (unpaired) electrons. The maximum atomic E-state index is 13.0. The van der Waals surface area contributed by atoms with Gasteiger partial charge in [-0.25, -0.2) is 0 Å². The molecule has 2 aromatic carbocycles.